The van der Waals surface area contributed by atoms with E-state index in [0.29, 0.717) is 48.5 Å². The van der Waals surface area contributed by atoms with E-state index < -0.39 is 5.63 Å². The topological polar surface area (TPSA) is 74.1 Å². The van der Waals surface area contributed by atoms with E-state index in [4.69, 9.17) is 4.42 Å². The molecule has 0 atom stereocenters. The molecular formula is C23H23N3O4. The first kappa shape index (κ1) is 19.7. The predicted molar refractivity (Wildman–Crippen MR) is 114 cm³/mol. The first-order valence-electron chi connectivity index (χ1n) is 9.83. The number of carbonyl (C=O) groups excluding carboxylic acids is 2. The van der Waals surface area contributed by atoms with Crippen molar-refractivity contribution < 1.29 is 14.0 Å². The lowest BCUT2D eigenvalue weighted by molar-refractivity contribution is 0.0650. The van der Waals surface area contributed by atoms with Crippen LogP contribution in [0.5, 0.6) is 0 Å². The highest BCUT2D eigenvalue weighted by Gasteiger charge is 2.25. The minimum Gasteiger partial charge on any atom is -0.422 e. The first-order valence-corrected chi connectivity index (χ1v) is 9.83. The molecule has 3 amide bonds. The molecular weight excluding hydrogens is 382 g/mol. The predicted octanol–water partition coefficient (Wildman–Crippen LogP) is 2.90. The summed E-state index contributed by atoms with van der Waals surface area (Å²) in [6.45, 7) is 1.94. The molecule has 30 heavy (non-hydrogen) atoms. The zero-order valence-corrected chi connectivity index (χ0v) is 17.0. The fraction of sp³-hybridized carbons (Fsp3) is 0.261. The van der Waals surface area contributed by atoms with Crippen molar-refractivity contribution in [2.24, 2.45) is 0 Å². The Morgan fingerprint density at radius 3 is 2.33 bits per heavy atom. The monoisotopic (exact) mass is 405 g/mol. The maximum Gasteiger partial charge on any atom is 0.344 e. The average molecular weight is 405 g/mol. The fourth-order valence-electron chi connectivity index (χ4n) is 3.65. The van der Waals surface area contributed by atoms with Crippen LogP contribution in [0.15, 0.2) is 63.8 Å². The third-order valence-corrected chi connectivity index (χ3v) is 5.28. The molecule has 3 aromatic rings. The third-order valence-electron chi connectivity index (χ3n) is 5.28. The van der Waals surface area contributed by atoms with Gasteiger partial charge in [0.05, 0.1) is 5.56 Å². The number of urea groups is 1. The largest absolute Gasteiger partial charge is 0.422 e. The van der Waals surface area contributed by atoms with E-state index in [-0.39, 0.29) is 11.9 Å². The van der Waals surface area contributed by atoms with Crippen LogP contribution in [0.4, 0.5) is 4.79 Å². The highest BCUT2D eigenvalue weighted by Crippen LogP contribution is 2.22. The summed E-state index contributed by atoms with van der Waals surface area (Å²) >= 11 is 0. The summed E-state index contributed by atoms with van der Waals surface area (Å²) in [5.74, 6) is -0.112. The van der Waals surface area contributed by atoms with Crippen LogP contribution >= 0.6 is 0 Å². The Morgan fingerprint density at radius 2 is 1.60 bits per heavy atom. The van der Waals surface area contributed by atoms with Crippen LogP contribution in [0.25, 0.3) is 22.1 Å². The molecule has 7 nitrogen and oxygen atoms in total. The summed E-state index contributed by atoms with van der Waals surface area (Å²) in [6, 6.07) is 16.1. The minimum absolute atomic E-state index is 0.0490. The van der Waals surface area contributed by atoms with E-state index in [1.54, 1.807) is 60.3 Å². The van der Waals surface area contributed by atoms with Crippen molar-refractivity contribution >= 4 is 22.9 Å². The number of hydrogen-bond acceptors (Lipinski definition) is 4. The number of piperazine rings is 1. The molecule has 4 rings (SSSR count). The number of rotatable bonds is 2. The van der Waals surface area contributed by atoms with Gasteiger partial charge in [0.1, 0.15) is 5.58 Å². The highest BCUT2D eigenvalue weighted by molar-refractivity contribution is 5.96. The molecule has 1 aliphatic rings. The molecule has 1 aliphatic heterocycles. The van der Waals surface area contributed by atoms with Gasteiger partial charge in [0, 0.05) is 51.2 Å². The Balaban J connectivity index is 1.56. The van der Waals surface area contributed by atoms with Gasteiger partial charge in [-0.2, -0.15) is 0 Å². The van der Waals surface area contributed by atoms with E-state index in [0.717, 1.165) is 5.39 Å². The lowest BCUT2D eigenvalue weighted by Gasteiger charge is -2.36. The van der Waals surface area contributed by atoms with Gasteiger partial charge in [-0.15, -0.1) is 0 Å². The molecule has 2 heterocycles. The fourth-order valence-corrected chi connectivity index (χ4v) is 3.65. The smallest absolute Gasteiger partial charge is 0.344 e. The Labute approximate surface area is 174 Å². The lowest BCUT2D eigenvalue weighted by Crippen LogP contribution is -2.52. The molecule has 1 saturated heterocycles. The number of hydrogen-bond donors (Lipinski definition) is 0. The van der Waals surface area contributed by atoms with Crippen LogP contribution in [-0.2, 0) is 0 Å². The molecule has 1 aromatic heterocycles. The number of benzene rings is 2. The van der Waals surface area contributed by atoms with Crippen LogP contribution in [0.2, 0.25) is 0 Å². The second-order valence-corrected chi connectivity index (χ2v) is 7.52. The van der Waals surface area contributed by atoms with E-state index in [1.165, 1.54) is 4.90 Å². The van der Waals surface area contributed by atoms with E-state index in [2.05, 4.69) is 0 Å². The zero-order valence-electron chi connectivity index (χ0n) is 17.0. The van der Waals surface area contributed by atoms with E-state index in [9.17, 15) is 14.4 Å². The van der Waals surface area contributed by atoms with Gasteiger partial charge in [0.25, 0.3) is 5.91 Å². The van der Waals surface area contributed by atoms with Gasteiger partial charge < -0.3 is 19.1 Å². The van der Waals surface area contributed by atoms with Crippen LogP contribution < -0.4 is 5.63 Å². The number of nitrogens with zero attached hydrogens (tertiary/aromatic N) is 3. The van der Waals surface area contributed by atoms with E-state index in [1.807, 2.05) is 18.2 Å². The minimum atomic E-state index is -0.436. The standard InChI is InChI=1S/C23H23N3O4/c1-24(2)23(29)26-12-10-25(11-13-26)21(27)18-8-5-7-16(14-18)19-15-17-6-3-4-9-20(17)30-22(19)28/h3-9,14-15H,10-13H2,1-2H3. The quantitative estimate of drug-likeness (QED) is 0.615. The van der Waals surface area contributed by atoms with Crippen molar-refractivity contribution in [3.8, 4) is 11.1 Å². The third kappa shape index (κ3) is 3.78. The van der Waals surface area contributed by atoms with Crippen LogP contribution in [0, 0.1) is 0 Å². The molecule has 0 N–H and O–H groups in total. The maximum atomic E-state index is 13.0. The highest BCUT2D eigenvalue weighted by atomic mass is 16.4. The van der Waals surface area contributed by atoms with Gasteiger partial charge >= 0.3 is 11.7 Å². The van der Waals surface area contributed by atoms with Gasteiger partial charge in [0.2, 0.25) is 0 Å². The zero-order chi connectivity index (χ0) is 21.3. The lowest BCUT2D eigenvalue weighted by atomic mass is 10.0. The van der Waals surface area contributed by atoms with Crippen molar-refractivity contribution in [1.29, 1.82) is 0 Å². The summed E-state index contributed by atoms with van der Waals surface area (Å²) in [7, 11) is 3.43. The van der Waals surface area contributed by atoms with Crippen molar-refractivity contribution in [3.63, 3.8) is 0 Å². The SMILES string of the molecule is CN(C)C(=O)N1CCN(C(=O)c2cccc(-c3cc4ccccc4oc3=O)c2)CC1. The van der Waals surface area contributed by atoms with Crippen molar-refractivity contribution in [2.75, 3.05) is 40.3 Å². The molecule has 0 radical (unpaired) electrons. The second kappa shape index (κ2) is 8.02. The second-order valence-electron chi connectivity index (χ2n) is 7.52. The van der Waals surface area contributed by atoms with E-state index >= 15 is 0 Å². The Kier molecular flexibility index (Phi) is 5.27. The first-order chi connectivity index (χ1) is 14.4. The normalized spacial score (nSPS) is 14.1. The van der Waals surface area contributed by atoms with Crippen molar-refractivity contribution in [3.05, 3.63) is 70.6 Å². The number of para-hydroxylation sites is 1. The summed E-state index contributed by atoms with van der Waals surface area (Å²) < 4.78 is 5.43. The Bertz CT molecular complexity index is 1160. The molecule has 2 aromatic carbocycles. The van der Waals surface area contributed by atoms with Crippen molar-refractivity contribution in [2.45, 2.75) is 0 Å². The van der Waals surface area contributed by atoms with Crippen LogP contribution in [0.1, 0.15) is 10.4 Å². The molecule has 0 bridgehead atoms. The summed E-state index contributed by atoms with van der Waals surface area (Å²) in [6.07, 6.45) is 0. The van der Waals surface area contributed by atoms with Gasteiger partial charge in [0.15, 0.2) is 0 Å². The van der Waals surface area contributed by atoms with Crippen molar-refractivity contribution in [1.82, 2.24) is 14.7 Å². The van der Waals surface area contributed by atoms with Crippen LogP contribution in [-0.4, -0.2) is 66.9 Å². The van der Waals surface area contributed by atoms with Gasteiger partial charge in [-0.1, -0.05) is 30.3 Å². The number of carbonyl (C=O) groups is 2. The molecule has 0 spiro atoms. The van der Waals surface area contributed by atoms with Gasteiger partial charge in [-0.3, -0.25) is 4.79 Å². The Hall–Kier alpha value is -3.61. The van der Waals surface area contributed by atoms with Crippen LogP contribution in [0.3, 0.4) is 0 Å². The summed E-state index contributed by atoms with van der Waals surface area (Å²) in [4.78, 5) is 42.6. The van der Waals surface area contributed by atoms with Gasteiger partial charge in [-0.05, 0) is 29.8 Å². The summed E-state index contributed by atoms with van der Waals surface area (Å²) in [5, 5.41) is 0.825. The number of amides is 3. The average Bonchev–Trinajstić information content (AvgIpc) is 2.77. The molecule has 1 fully saturated rings. The van der Waals surface area contributed by atoms with Gasteiger partial charge in [-0.25, -0.2) is 9.59 Å². The maximum absolute atomic E-state index is 13.0. The molecule has 0 aliphatic carbocycles. The molecule has 154 valence electrons. The number of fused-ring (bicyclic) bond motifs is 1. The molecule has 0 unspecified atom stereocenters. The molecule has 7 heteroatoms. The molecule has 0 saturated carbocycles. The Morgan fingerprint density at radius 1 is 0.900 bits per heavy atom. The summed E-state index contributed by atoms with van der Waals surface area (Å²) in [5.41, 5.74) is 1.66.